The number of nitrogens with one attached hydrogen (secondary N) is 1. The van der Waals surface area contributed by atoms with Crippen LogP contribution in [-0.2, 0) is 4.57 Å². The molecule has 0 aromatic heterocycles. The van der Waals surface area contributed by atoms with Gasteiger partial charge in [0, 0.05) is 16.3 Å². The van der Waals surface area contributed by atoms with Crippen molar-refractivity contribution in [3.8, 4) is 0 Å². The second-order valence-corrected chi connectivity index (χ2v) is 7.73. The van der Waals surface area contributed by atoms with Crippen molar-refractivity contribution in [2.24, 2.45) is 0 Å². The molecular formula is C19H18NOP. The topological polar surface area (TPSA) is 29.1 Å². The molecule has 0 amide bonds. The Morgan fingerprint density at radius 2 is 1.14 bits per heavy atom. The molecule has 0 unspecified atom stereocenters. The van der Waals surface area contributed by atoms with Crippen molar-refractivity contribution in [1.82, 2.24) is 0 Å². The molecule has 3 aromatic carbocycles. The lowest BCUT2D eigenvalue weighted by molar-refractivity contribution is 0.590. The highest BCUT2D eigenvalue weighted by Gasteiger charge is 2.26. The van der Waals surface area contributed by atoms with E-state index in [9.17, 15) is 4.57 Å². The Balaban J connectivity index is 2.08. The van der Waals surface area contributed by atoms with Crippen molar-refractivity contribution in [2.75, 3.05) is 5.09 Å². The first kappa shape index (κ1) is 14.6. The Kier molecular flexibility index (Phi) is 4.13. The smallest absolute Gasteiger partial charge is 0.227 e. The van der Waals surface area contributed by atoms with E-state index in [1.54, 1.807) is 0 Å². The van der Waals surface area contributed by atoms with E-state index < -0.39 is 7.29 Å². The molecule has 0 aliphatic heterocycles. The summed E-state index contributed by atoms with van der Waals surface area (Å²) in [5.74, 6) is 0. The van der Waals surface area contributed by atoms with Gasteiger partial charge in [-0.1, -0.05) is 54.1 Å². The number of hydrogen-bond acceptors (Lipinski definition) is 1. The van der Waals surface area contributed by atoms with Crippen molar-refractivity contribution in [3.05, 3.63) is 90.5 Å². The highest BCUT2D eigenvalue weighted by Crippen LogP contribution is 2.43. The van der Waals surface area contributed by atoms with Crippen molar-refractivity contribution in [1.29, 1.82) is 0 Å². The Bertz CT molecular complexity index is 739. The zero-order chi connectivity index (χ0) is 15.4. The average molecular weight is 307 g/mol. The van der Waals surface area contributed by atoms with Gasteiger partial charge in [0.05, 0.1) is 0 Å². The van der Waals surface area contributed by atoms with Crippen LogP contribution in [-0.4, -0.2) is 0 Å². The number of hydrogen-bond donors (Lipinski definition) is 1. The first-order valence-corrected chi connectivity index (χ1v) is 8.95. The van der Waals surface area contributed by atoms with Gasteiger partial charge in [0.25, 0.3) is 0 Å². The summed E-state index contributed by atoms with van der Waals surface area (Å²) in [5, 5.41) is 4.89. The molecule has 0 radical (unpaired) electrons. The standard InChI is InChI=1S/C19H18NOP/c1-16-12-14-17(15-13-16)20-22(21,18-8-4-2-5-9-18)19-10-6-3-7-11-19/h2-15H,1H3,(H,20,21). The van der Waals surface area contributed by atoms with Gasteiger partial charge in [0.15, 0.2) is 0 Å². The number of benzene rings is 3. The fourth-order valence-electron chi connectivity index (χ4n) is 2.36. The predicted octanol–water partition coefficient (Wildman–Crippen LogP) is 4.34. The first-order valence-electron chi connectivity index (χ1n) is 7.25. The number of rotatable bonds is 4. The van der Waals surface area contributed by atoms with Gasteiger partial charge in [-0.25, -0.2) is 0 Å². The van der Waals surface area contributed by atoms with E-state index in [-0.39, 0.29) is 0 Å². The Hall–Kier alpha value is -2.31. The minimum absolute atomic E-state index is 0.807. The summed E-state index contributed by atoms with van der Waals surface area (Å²) in [7, 11) is -2.91. The van der Waals surface area contributed by atoms with Crippen molar-refractivity contribution >= 4 is 23.6 Å². The zero-order valence-electron chi connectivity index (χ0n) is 12.4. The van der Waals surface area contributed by atoms with Crippen LogP contribution >= 0.6 is 7.29 Å². The lowest BCUT2D eigenvalue weighted by atomic mass is 10.2. The lowest BCUT2D eigenvalue weighted by Crippen LogP contribution is -2.21. The summed E-state index contributed by atoms with van der Waals surface area (Å²) in [6.45, 7) is 2.04. The second kappa shape index (κ2) is 6.21. The molecule has 1 N–H and O–H groups in total. The van der Waals surface area contributed by atoms with Crippen LogP contribution in [0, 0.1) is 6.92 Å². The molecule has 0 aliphatic carbocycles. The largest absolute Gasteiger partial charge is 0.329 e. The van der Waals surface area contributed by atoms with Crippen LogP contribution in [0.1, 0.15) is 5.56 Å². The second-order valence-electron chi connectivity index (χ2n) is 5.26. The molecule has 0 bridgehead atoms. The third-order valence-electron chi connectivity index (χ3n) is 3.58. The Morgan fingerprint density at radius 1 is 0.682 bits per heavy atom. The van der Waals surface area contributed by atoms with Crippen LogP contribution in [0.15, 0.2) is 84.9 Å². The molecule has 110 valence electrons. The van der Waals surface area contributed by atoms with Gasteiger partial charge in [-0.3, -0.25) is 4.57 Å². The fourth-order valence-corrected chi connectivity index (χ4v) is 4.62. The summed E-state index contributed by atoms with van der Waals surface area (Å²) in [6, 6.07) is 27.2. The minimum Gasteiger partial charge on any atom is -0.329 e. The summed E-state index contributed by atoms with van der Waals surface area (Å²) in [5.41, 5.74) is 2.04. The minimum atomic E-state index is -2.91. The van der Waals surface area contributed by atoms with Gasteiger partial charge >= 0.3 is 0 Å². The molecule has 0 atom stereocenters. The van der Waals surface area contributed by atoms with Gasteiger partial charge in [0.1, 0.15) is 0 Å². The molecule has 0 fully saturated rings. The molecule has 3 heteroatoms. The quantitative estimate of drug-likeness (QED) is 0.727. The van der Waals surface area contributed by atoms with Crippen LogP contribution in [0.5, 0.6) is 0 Å². The van der Waals surface area contributed by atoms with E-state index in [1.807, 2.05) is 91.9 Å². The van der Waals surface area contributed by atoms with E-state index in [2.05, 4.69) is 5.09 Å². The van der Waals surface area contributed by atoms with Gasteiger partial charge < -0.3 is 5.09 Å². The molecule has 2 nitrogen and oxygen atoms in total. The van der Waals surface area contributed by atoms with Crippen molar-refractivity contribution < 1.29 is 4.57 Å². The predicted molar refractivity (Wildman–Crippen MR) is 94.6 cm³/mol. The van der Waals surface area contributed by atoms with Gasteiger partial charge in [-0.05, 0) is 43.3 Å². The van der Waals surface area contributed by atoms with E-state index >= 15 is 0 Å². The summed E-state index contributed by atoms with van der Waals surface area (Å²) in [6.07, 6.45) is 0. The van der Waals surface area contributed by atoms with E-state index in [4.69, 9.17) is 0 Å². The van der Waals surface area contributed by atoms with E-state index in [0.717, 1.165) is 16.3 Å². The summed E-state index contributed by atoms with van der Waals surface area (Å²) >= 11 is 0. The first-order chi connectivity index (χ1) is 10.7. The van der Waals surface area contributed by atoms with Crippen LogP contribution in [0.4, 0.5) is 5.69 Å². The summed E-state index contributed by atoms with van der Waals surface area (Å²) < 4.78 is 13.8. The maximum atomic E-state index is 13.8. The maximum Gasteiger partial charge on any atom is 0.227 e. The third-order valence-corrected chi connectivity index (χ3v) is 6.20. The van der Waals surface area contributed by atoms with Gasteiger partial charge in [0.2, 0.25) is 7.29 Å². The van der Waals surface area contributed by atoms with Gasteiger partial charge in [-0.15, -0.1) is 0 Å². The molecule has 0 aliphatic rings. The van der Waals surface area contributed by atoms with Crippen LogP contribution in [0.25, 0.3) is 0 Å². The maximum absolute atomic E-state index is 13.8. The number of aryl methyl sites for hydroxylation is 1. The van der Waals surface area contributed by atoms with Crippen LogP contribution < -0.4 is 15.7 Å². The molecule has 0 heterocycles. The highest BCUT2D eigenvalue weighted by molar-refractivity contribution is 7.80. The van der Waals surface area contributed by atoms with E-state index in [0.29, 0.717) is 0 Å². The third kappa shape index (κ3) is 2.98. The van der Waals surface area contributed by atoms with E-state index in [1.165, 1.54) is 5.56 Å². The molecule has 3 rings (SSSR count). The lowest BCUT2D eigenvalue weighted by Gasteiger charge is -2.21. The fraction of sp³-hybridized carbons (Fsp3) is 0.0526. The molecule has 22 heavy (non-hydrogen) atoms. The Morgan fingerprint density at radius 3 is 1.59 bits per heavy atom. The molecule has 3 aromatic rings. The van der Waals surface area contributed by atoms with Crippen molar-refractivity contribution in [2.45, 2.75) is 6.92 Å². The molecule has 0 spiro atoms. The van der Waals surface area contributed by atoms with Crippen molar-refractivity contribution in [3.63, 3.8) is 0 Å². The highest BCUT2D eigenvalue weighted by atomic mass is 31.2. The average Bonchev–Trinajstić information content (AvgIpc) is 2.58. The molecule has 0 saturated carbocycles. The van der Waals surface area contributed by atoms with Gasteiger partial charge in [-0.2, -0.15) is 0 Å². The zero-order valence-corrected chi connectivity index (χ0v) is 13.3. The SMILES string of the molecule is Cc1ccc(NP(=O)(c2ccccc2)c2ccccc2)cc1. The summed E-state index contributed by atoms with van der Waals surface area (Å²) in [4.78, 5) is 0. The normalized spacial score (nSPS) is 11.1. The monoisotopic (exact) mass is 307 g/mol. The number of anilines is 1. The van der Waals surface area contributed by atoms with Crippen LogP contribution in [0.2, 0.25) is 0 Å². The molecular weight excluding hydrogens is 289 g/mol. The Labute approximate surface area is 131 Å². The molecule has 0 saturated heterocycles. The van der Waals surface area contributed by atoms with Crippen LogP contribution in [0.3, 0.4) is 0 Å².